The number of anilines is 1. The highest BCUT2D eigenvalue weighted by Crippen LogP contribution is 2.22. The highest BCUT2D eigenvalue weighted by atomic mass is 35.5. The molecule has 0 heterocycles. The van der Waals surface area contributed by atoms with Crippen molar-refractivity contribution in [3.8, 4) is 0 Å². The Morgan fingerprint density at radius 3 is 2.94 bits per heavy atom. The van der Waals surface area contributed by atoms with Gasteiger partial charge in [-0.05, 0) is 36.8 Å². The number of aryl methyl sites for hydroxylation is 1. The van der Waals surface area contributed by atoms with E-state index in [-0.39, 0.29) is 0 Å². The summed E-state index contributed by atoms with van der Waals surface area (Å²) in [5.74, 6) is 0. The molecular weight excluding hydrogens is 244 g/mol. The number of thiocarbonyl (C=S) groups is 1. The van der Waals surface area contributed by atoms with E-state index in [1.165, 1.54) is 0 Å². The maximum absolute atomic E-state index is 6.03. The van der Waals surface area contributed by atoms with Gasteiger partial charge in [-0.1, -0.05) is 17.7 Å². The first-order valence-corrected chi connectivity index (χ1v) is 5.72. The van der Waals surface area contributed by atoms with Crippen LogP contribution in [0.15, 0.2) is 18.2 Å². The Morgan fingerprint density at radius 1 is 1.50 bits per heavy atom. The molecule has 1 rings (SSSR count). The molecule has 0 spiro atoms. The van der Waals surface area contributed by atoms with E-state index in [4.69, 9.17) is 28.6 Å². The fraction of sp³-hybridized carbons (Fsp3) is 0.364. The fourth-order valence-electron chi connectivity index (χ4n) is 1.17. The number of hydrogen-bond donors (Lipinski definition) is 2. The zero-order chi connectivity index (χ0) is 12.0. The van der Waals surface area contributed by atoms with Gasteiger partial charge in [-0.2, -0.15) is 0 Å². The van der Waals surface area contributed by atoms with Crippen LogP contribution in [0.2, 0.25) is 5.02 Å². The van der Waals surface area contributed by atoms with Crippen molar-refractivity contribution in [3.05, 3.63) is 28.8 Å². The first-order chi connectivity index (χ1) is 7.63. The summed E-state index contributed by atoms with van der Waals surface area (Å²) in [5.41, 5.74) is 1.95. The second kappa shape index (κ2) is 6.68. The molecule has 0 aliphatic heterocycles. The van der Waals surface area contributed by atoms with E-state index in [1.807, 2.05) is 25.1 Å². The van der Waals surface area contributed by atoms with Crippen molar-refractivity contribution in [2.75, 3.05) is 25.6 Å². The molecule has 0 bridgehead atoms. The third-order valence-corrected chi connectivity index (χ3v) is 2.54. The van der Waals surface area contributed by atoms with Gasteiger partial charge in [0.1, 0.15) is 0 Å². The number of methoxy groups -OCH3 is 1. The standard InChI is InChI=1S/C11H15ClN2OS/c1-8-3-4-9(12)10(7-8)14-11(16)13-5-6-15-2/h3-4,7H,5-6H2,1-2H3,(H2,13,14,16). The number of benzene rings is 1. The van der Waals surface area contributed by atoms with Gasteiger partial charge in [-0.15, -0.1) is 0 Å². The van der Waals surface area contributed by atoms with E-state index < -0.39 is 0 Å². The van der Waals surface area contributed by atoms with Crippen LogP contribution in [0, 0.1) is 6.92 Å². The summed E-state index contributed by atoms with van der Waals surface area (Å²) in [6, 6.07) is 5.75. The van der Waals surface area contributed by atoms with Crippen molar-refractivity contribution in [2.45, 2.75) is 6.92 Å². The minimum absolute atomic E-state index is 0.546. The number of rotatable bonds is 4. The number of halogens is 1. The Labute approximate surface area is 106 Å². The molecule has 3 nitrogen and oxygen atoms in total. The summed E-state index contributed by atoms with van der Waals surface area (Å²) in [4.78, 5) is 0. The van der Waals surface area contributed by atoms with Gasteiger partial charge in [-0.25, -0.2) is 0 Å². The van der Waals surface area contributed by atoms with E-state index in [0.717, 1.165) is 11.3 Å². The monoisotopic (exact) mass is 258 g/mol. The van der Waals surface area contributed by atoms with E-state index in [2.05, 4.69) is 10.6 Å². The summed E-state index contributed by atoms with van der Waals surface area (Å²) < 4.78 is 4.91. The molecule has 0 aliphatic carbocycles. The Bertz CT molecular complexity index is 371. The Kier molecular flexibility index (Phi) is 5.52. The third kappa shape index (κ3) is 4.35. The van der Waals surface area contributed by atoms with Crippen LogP contribution in [0.25, 0.3) is 0 Å². The van der Waals surface area contributed by atoms with Crippen molar-refractivity contribution in [3.63, 3.8) is 0 Å². The van der Waals surface area contributed by atoms with Crippen LogP contribution in [-0.4, -0.2) is 25.4 Å². The molecule has 1 aromatic carbocycles. The predicted molar refractivity (Wildman–Crippen MR) is 72.3 cm³/mol. The summed E-state index contributed by atoms with van der Waals surface area (Å²) in [6.07, 6.45) is 0. The second-order valence-electron chi connectivity index (χ2n) is 3.36. The van der Waals surface area contributed by atoms with Gasteiger partial charge in [-0.3, -0.25) is 0 Å². The second-order valence-corrected chi connectivity index (χ2v) is 4.17. The third-order valence-electron chi connectivity index (χ3n) is 1.96. The molecular formula is C11H15ClN2OS. The molecule has 0 aromatic heterocycles. The molecule has 88 valence electrons. The molecule has 0 amide bonds. The highest BCUT2D eigenvalue weighted by molar-refractivity contribution is 7.80. The van der Waals surface area contributed by atoms with Crippen LogP contribution in [0.3, 0.4) is 0 Å². The molecule has 0 radical (unpaired) electrons. The quantitative estimate of drug-likeness (QED) is 0.643. The summed E-state index contributed by atoms with van der Waals surface area (Å²) >= 11 is 11.1. The lowest BCUT2D eigenvalue weighted by Crippen LogP contribution is -2.31. The lowest BCUT2D eigenvalue weighted by atomic mass is 10.2. The average Bonchev–Trinajstić information content (AvgIpc) is 2.24. The molecule has 0 atom stereocenters. The maximum atomic E-state index is 6.03. The van der Waals surface area contributed by atoms with Crippen molar-refractivity contribution in [1.82, 2.24) is 5.32 Å². The zero-order valence-corrected chi connectivity index (χ0v) is 10.9. The Morgan fingerprint density at radius 2 is 2.25 bits per heavy atom. The minimum Gasteiger partial charge on any atom is -0.383 e. The maximum Gasteiger partial charge on any atom is 0.170 e. The predicted octanol–water partition coefficient (Wildman–Crippen LogP) is 2.58. The van der Waals surface area contributed by atoms with E-state index in [9.17, 15) is 0 Å². The Balaban J connectivity index is 2.52. The summed E-state index contributed by atoms with van der Waals surface area (Å²) in [5, 5.41) is 7.26. The molecule has 1 aromatic rings. The smallest absolute Gasteiger partial charge is 0.170 e. The lowest BCUT2D eigenvalue weighted by Gasteiger charge is -2.11. The fourth-order valence-corrected chi connectivity index (χ4v) is 1.54. The van der Waals surface area contributed by atoms with Crippen LogP contribution < -0.4 is 10.6 Å². The van der Waals surface area contributed by atoms with Crippen molar-refractivity contribution < 1.29 is 4.74 Å². The SMILES string of the molecule is COCCNC(=S)Nc1cc(C)ccc1Cl. The minimum atomic E-state index is 0.546. The van der Waals surface area contributed by atoms with Gasteiger partial charge in [0.25, 0.3) is 0 Å². The topological polar surface area (TPSA) is 33.3 Å². The molecule has 5 heteroatoms. The highest BCUT2D eigenvalue weighted by Gasteiger charge is 2.02. The van der Waals surface area contributed by atoms with Crippen LogP contribution in [0.5, 0.6) is 0 Å². The van der Waals surface area contributed by atoms with Crippen LogP contribution in [-0.2, 0) is 4.74 Å². The number of hydrogen-bond acceptors (Lipinski definition) is 2. The van der Waals surface area contributed by atoms with E-state index >= 15 is 0 Å². The largest absolute Gasteiger partial charge is 0.383 e. The van der Waals surface area contributed by atoms with E-state index in [1.54, 1.807) is 7.11 Å². The van der Waals surface area contributed by atoms with Gasteiger partial charge < -0.3 is 15.4 Å². The molecule has 0 saturated carbocycles. The zero-order valence-electron chi connectivity index (χ0n) is 9.34. The summed E-state index contributed by atoms with van der Waals surface area (Å²) in [6.45, 7) is 3.29. The number of nitrogens with one attached hydrogen (secondary N) is 2. The molecule has 0 unspecified atom stereocenters. The molecule has 0 aliphatic rings. The van der Waals surface area contributed by atoms with Crippen molar-refractivity contribution in [1.29, 1.82) is 0 Å². The average molecular weight is 259 g/mol. The van der Waals surface area contributed by atoms with Gasteiger partial charge in [0, 0.05) is 13.7 Å². The number of ether oxygens (including phenoxy) is 1. The van der Waals surface area contributed by atoms with Gasteiger partial charge in [0.15, 0.2) is 5.11 Å². The van der Waals surface area contributed by atoms with Crippen LogP contribution in [0.1, 0.15) is 5.56 Å². The first-order valence-electron chi connectivity index (χ1n) is 4.93. The van der Waals surface area contributed by atoms with Crippen LogP contribution in [0.4, 0.5) is 5.69 Å². The molecule has 16 heavy (non-hydrogen) atoms. The van der Waals surface area contributed by atoms with Crippen molar-refractivity contribution >= 4 is 34.6 Å². The summed E-state index contributed by atoms with van der Waals surface area (Å²) in [7, 11) is 1.65. The Hall–Kier alpha value is -0.840. The molecule has 2 N–H and O–H groups in total. The normalized spacial score (nSPS) is 9.94. The lowest BCUT2D eigenvalue weighted by molar-refractivity contribution is 0.204. The van der Waals surface area contributed by atoms with Gasteiger partial charge in [0.2, 0.25) is 0 Å². The van der Waals surface area contributed by atoms with E-state index in [0.29, 0.717) is 23.3 Å². The van der Waals surface area contributed by atoms with Crippen LogP contribution >= 0.6 is 23.8 Å². The molecule has 0 saturated heterocycles. The molecule has 0 fully saturated rings. The first kappa shape index (κ1) is 13.2. The van der Waals surface area contributed by atoms with Gasteiger partial charge in [0.05, 0.1) is 17.3 Å². The van der Waals surface area contributed by atoms with Crippen molar-refractivity contribution in [2.24, 2.45) is 0 Å². The van der Waals surface area contributed by atoms with Gasteiger partial charge >= 0.3 is 0 Å².